The number of benzene rings is 2. The van der Waals surface area contributed by atoms with Crippen molar-refractivity contribution in [1.29, 1.82) is 0 Å². The lowest BCUT2D eigenvalue weighted by Crippen LogP contribution is -2.03. The highest BCUT2D eigenvalue weighted by Crippen LogP contribution is 2.43. The number of nitrogens with one attached hydrogen (secondary N) is 1. The molecule has 0 unspecified atom stereocenters. The first-order valence-electron chi connectivity index (χ1n) is 8.38. The molecular formula is C21H15FN2O3S. The van der Waals surface area contributed by atoms with Gasteiger partial charge in [0.25, 0.3) is 0 Å². The topological polar surface area (TPSA) is 70.9 Å². The van der Waals surface area contributed by atoms with E-state index in [4.69, 9.17) is 4.74 Å². The van der Waals surface area contributed by atoms with Crippen molar-refractivity contribution in [2.45, 2.75) is 0 Å². The van der Waals surface area contributed by atoms with E-state index in [1.807, 2.05) is 24.3 Å². The van der Waals surface area contributed by atoms with Crippen LogP contribution in [-0.2, 0) is 4.74 Å². The highest BCUT2D eigenvalue weighted by Gasteiger charge is 2.24. The summed E-state index contributed by atoms with van der Waals surface area (Å²) in [7, 11) is 1.25. The number of aromatic hydroxyl groups is 1. The summed E-state index contributed by atoms with van der Waals surface area (Å²) in [6.07, 6.45) is 3.49. The minimum atomic E-state index is -0.663. The van der Waals surface area contributed by atoms with Crippen molar-refractivity contribution in [3.8, 4) is 5.75 Å². The fraction of sp³-hybridized carbons (Fsp3) is 0.0476. The van der Waals surface area contributed by atoms with Gasteiger partial charge in [-0.15, -0.1) is 11.3 Å². The average molecular weight is 394 g/mol. The van der Waals surface area contributed by atoms with Crippen LogP contribution >= 0.6 is 11.3 Å². The predicted molar refractivity (Wildman–Crippen MR) is 109 cm³/mol. The fourth-order valence-corrected chi connectivity index (χ4v) is 3.93. The molecule has 5 nitrogen and oxygen atoms in total. The predicted octanol–water partition coefficient (Wildman–Crippen LogP) is 5.38. The Bertz CT molecular complexity index is 1120. The molecule has 0 saturated heterocycles. The van der Waals surface area contributed by atoms with Crippen LogP contribution in [0.1, 0.15) is 20.8 Å². The van der Waals surface area contributed by atoms with E-state index < -0.39 is 5.97 Å². The Morgan fingerprint density at radius 2 is 1.96 bits per heavy atom. The van der Waals surface area contributed by atoms with Crippen LogP contribution in [0.4, 0.5) is 20.8 Å². The Morgan fingerprint density at radius 3 is 2.71 bits per heavy atom. The number of carbonyl (C=O) groups is 1. The van der Waals surface area contributed by atoms with Crippen LogP contribution in [0.25, 0.3) is 11.6 Å². The number of halogens is 1. The molecular weight excluding hydrogens is 379 g/mol. The number of para-hydroxylation sites is 1. The van der Waals surface area contributed by atoms with E-state index in [9.17, 15) is 14.3 Å². The van der Waals surface area contributed by atoms with Crippen LogP contribution in [0.2, 0.25) is 0 Å². The Labute approximate surface area is 164 Å². The molecule has 0 radical (unpaired) electrons. The molecule has 0 amide bonds. The summed E-state index contributed by atoms with van der Waals surface area (Å²) in [6, 6.07) is 13.4. The second-order valence-corrected chi connectivity index (χ2v) is 7.07. The Kier molecular flexibility index (Phi) is 4.67. The van der Waals surface area contributed by atoms with Crippen LogP contribution in [0.5, 0.6) is 5.75 Å². The van der Waals surface area contributed by atoms with Crippen LogP contribution < -0.4 is 5.32 Å². The minimum absolute atomic E-state index is 0.0342. The van der Waals surface area contributed by atoms with Crippen molar-refractivity contribution in [3.05, 3.63) is 70.4 Å². The van der Waals surface area contributed by atoms with Gasteiger partial charge >= 0.3 is 5.97 Å². The second kappa shape index (κ2) is 7.28. The highest BCUT2D eigenvalue weighted by atomic mass is 32.1. The summed E-state index contributed by atoms with van der Waals surface area (Å²) in [5.41, 5.74) is 3.24. The van der Waals surface area contributed by atoms with Crippen LogP contribution in [-0.4, -0.2) is 24.4 Å². The summed E-state index contributed by atoms with van der Waals surface area (Å²) >= 11 is 1.20. The van der Waals surface area contributed by atoms with Crippen molar-refractivity contribution in [1.82, 2.24) is 0 Å². The number of rotatable bonds is 4. The van der Waals surface area contributed by atoms with Crippen LogP contribution in [0.15, 0.2) is 53.5 Å². The van der Waals surface area contributed by atoms with E-state index in [0.29, 0.717) is 15.6 Å². The van der Waals surface area contributed by atoms with E-state index in [1.54, 1.807) is 24.4 Å². The maximum Gasteiger partial charge on any atom is 0.344 e. The van der Waals surface area contributed by atoms with Crippen LogP contribution in [0.3, 0.4) is 0 Å². The number of nitrogens with zero attached hydrogens (tertiary/aromatic N) is 1. The molecule has 2 N–H and O–H groups in total. The molecule has 0 saturated carbocycles. The van der Waals surface area contributed by atoms with Crippen molar-refractivity contribution in [2.75, 3.05) is 12.4 Å². The van der Waals surface area contributed by atoms with Gasteiger partial charge in [0, 0.05) is 23.0 Å². The monoisotopic (exact) mass is 394 g/mol. The summed E-state index contributed by atoms with van der Waals surface area (Å²) in [5.74, 6) is -1.20. The maximum absolute atomic E-state index is 13.1. The van der Waals surface area contributed by atoms with Crippen molar-refractivity contribution in [3.63, 3.8) is 0 Å². The molecule has 1 aromatic heterocycles. The minimum Gasteiger partial charge on any atom is -0.505 e. The van der Waals surface area contributed by atoms with Gasteiger partial charge in [0.2, 0.25) is 0 Å². The summed E-state index contributed by atoms with van der Waals surface area (Å²) in [6.45, 7) is 0. The molecule has 1 aliphatic heterocycles. The van der Waals surface area contributed by atoms with E-state index in [1.165, 1.54) is 30.6 Å². The molecule has 2 aromatic carbocycles. The second-order valence-electron chi connectivity index (χ2n) is 6.02. The maximum atomic E-state index is 13.1. The van der Waals surface area contributed by atoms with Gasteiger partial charge in [0.15, 0.2) is 0 Å². The van der Waals surface area contributed by atoms with Crippen molar-refractivity contribution < 1.29 is 19.0 Å². The number of aliphatic imine (C=N–C) groups is 1. The molecule has 7 heteroatoms. The number of methoxy groups -OCH3 is 1. The van der Waals surface area contributed by atoms with Gasteiger partial charge in [-0.1, -0.05) is 18.2 Å². The molecule has 0 bridgehead atoms. The molecule has 4 rings (SSSR count). The number of hydrogen-bond donors (Lipinski definition) is 2. The van der Waals surface area contributed by atoms with Crippen molar-refractivity contribution >= 4 is 51.5 Å². The Hall–Kier alpha value is -3.45. The zero-order valence-corrected chi connectivity index (χ0v) is 15.6. The van der Waals surface area contributed by atoms with Gasteiger partial charge in [-0.25, -0.2) is 9.18 Å². The third-order valence-corrected chi connectivity index (χ3v) is 5.29. The lowest BCUT2D eigenvalue weighted by Gasteiger charge is -2.06. The number of anilines is 2. The molecule has 2 heterocycles. The molecule has 1 aliphatic rings. The van der Waals surface area contributed by atoms with Gasteiger partial charge in [-0.2, -0.15) is 0 Å². The number of thiophene rings is 1. The number of ether oxygens (including phenoxy) is 1. The van der Waals surface area contributed by atoms with Gasteiger partial charge in [-0.3, -0.25) is 4.99 Å². The summed E-state index contributed by atoms with van der Waals surface area (Å²) in [4.78, 5) is 17.1. The zero-order chi connectivity index (χ0) is 19.7. The molecule has 3 aromatic rings. The molecule has 140 valence electrons. The van der Waals surface area contributed by atoms with Gasteiger partial charge in [0.1, 0.15) is 22.1 Å². The molecule has 28 heavy (non-hydrogen) atoms. The lowest BCUT2D eigenvalue weighted by atomic mass is 10.1. The number of esters is 1. The normalized spacial score (nSPS) is 13.6. The SMILES string of the molecule is COC(=O)c1c(Nc2ccc(F)cc2)sc(/C=C2/C=Nc3ccccc32)c1O. The average Bonchev–Trinajstić information content (AvgIpc) is 3.25. The van der Waals surface area contributed by atoms with E-state index in [0.717, 1.165) is 16.8 Å². The van der Waals surface area contributed by atoms with E-state index >= 15 is 0 Å². The number of carbonyl (C=O) groups excluding carboxylic acids is 1. The number of allylic oxidation sites excluding steroid dienone is 1. The van der Waals surface area contributed by atoms with Gasteiger partial charge in [0.05, 0.1) is 17.7 Å². The highest BCUT2D eigenvalue weighted by molar-refractivity contribution is 7.18. The first kappa shape index (κ1) is 17.9. The van der Waals surface area contributed by atoms with Gasteiger partial charge in [-0.05, 0) is 36.4 Å². The van der Waals surface area contributed by atoms with E-state index in [2.05, 4.69) is 10.3 Å². The smallest absolute Gasteiger partial charge is 0.344 e. The molecule has 0 fully saturated rings. The fourth-order valence-electron chi connectivity index (χ4n) is 2.88. The Balaban J connectivity index is 1.76. The third-order valence-electron chi connectivity index (χ3n) is 4.25. The standard InChI is InChI=1S/C21H15FN2O3S/c1-27-21(26)18-19(25)17(10-12-11-23-16-5-3-2-4-15(12)16)28-20(18)24-14-8-6-13(22)7-9-14/h2-11,24-25H,1H3/b12-10-. The zero-order valence-electron chi connectivity index (χ0n) is 14.8. The van der Waals surface area contributed by atoms with Crippen LogP contribution in [0, 0.1) is 5.82 Å². The lowest BCUT2D eigenvalue weighted by molar-refractivity contribution is 0.0599. The summed E-state index contributed by atoms with van der Waals surface area (Å²) in [5, 5.41) is 14.1. The Morgan fingerprint density at radius 1 is 1.21 bits per heavy atom. The largest absolute Gasteiger partial charge is 0.505 e. The first-order valence-corrected chi connectivity index (χ1v) is 9.20. The van der Waals surface area contributed by atoms with E-state index in [-0.39, 0.29) is 17.1 Å². The summed E-state index contributed by atoms with van der Waals surface area (Å²) < 4.78 is 18.0. The molecule has 0 atom stereocenters. The third kappa shape index (κ3) is 3.27. The molecule has 0 spiro atoms. The number of fused-ring (bicyclic) bond motifs is 1. The first-order chi connectivity index (χ1) is 13.6. The quantitative estimate of drug-likeness (QED) is 0.583. The number of hydrogen-bond acceptors (Lipinski definition) is 6. The van der Waals surface area contributed by atoms with Gasteiger partial charge < -0.3 is 15.2 Å². The molecule has 0 aliphatic carbocycles. The van der Waals surface area contributed by atoms with Crippen molar-refractivity contribution in [2.24, 2.45) is 4.99 Å².